The van der Waals surface area contributed by atoms with Crippen molar-refractivity contribution in [3.05, 3.63) is 75.1 Å². The predicted molar refractivity (Wildman–Crippen MR) is 139 cm³/mol. The number of ether oxygens (including phenoxy) is 2. The molecule has 8 nitrogen and oxygen atoms in total. The standard InChI is InChI=1S/C28H34N4O4/c1-35-18-20-2-4-23-24(28(29)34)16-27(33)32(25(23)15-20)12-11-31-9-6-22(7-10-31)30-17-19-3-5-26-21(14-19)8-13-36-26/h2-5,14-16,22,30H,6-13,17-18H2,1H3,(H2,29,34). The number of hydrogen-bond acceptors (Lipinski definition) is 6. The zero-order valence-corrected chi connectivity index (χ0v) is 20.8. The van der Waals surface area contributed by atoms with Gasteiger partial charge in [-0.2, -0.15) is 0 Å². The SMILES string of the molecule is COCc1ccc2c(C(N)=O)cc(=O)n(CCN3CCC(NCc4ccc5c(c4)CCO5)CC3)c2c1. The third kappa shape index (κ3) is 5.31. The normalized spacial score (nSPS) is 16.2. The van der Waals surface area contributed by atoms with Crippen molar-refractivity contribution in [2.45, 2.75) is 45.0 Å². The molecule has 1 fully saturated rings. The molecule has 5 rings (SSSR count). The zero-order valence-electron chi connectivity index (χ0n) is 20.8. The van der Waals surface area contributed by atoms with Gasteiger partial charge in [0.1, 0.15) is 5.75 Å². The summed E-state index contributed by atoms with van der Waals surface area (Å²) < 4.78 is 12.6. The molecule has 1 aromatic heterocycles. The highest BCUT2D eigenvalue weighted by atomic mass is 16.5. The van der Waals surface area contributed by atoms with E-state index in [1.165, 1.54) is 17.2 Å². The predicted octanol–water partition coefficient (Wildman–Crippen LogP) is 2.44. The Balaban J connectivity index is 1.20. The van der Waals surface area contributed by atoms with Crippen LogP contribution in [0.1, 0.15) is 39.9 Å². The molecular formula is C28H34N4O4. The molecule has 1 amide bonds. The van der Waals surface area contributed by atoms with E-state index in [4.69, 9.17) is 15.2 Å². The smallest absolute Gasteiger partial charge is 0.251 e. The van der Waals surface area contributed by atoms with Crippen LogP contribution >= 0.6 is 0 Å². The number of carbonyl (C=O) groups is 1. The third-order valence-electron chi connectivity index (χ3n) is 7.33. The van der Waals surface area contributed by atoms with E-state index < -0.39 is 5.91 Å². The van der Waals surface area contributed by atoms with Crippen LogP contribution in [0.3, 0.4) is 0 Å². The number of methoxy groups -OCH3 is 1. The van der Waals surface area contributed by atoms with Crippen LogP contribution in [-0.2, 0) is 30.9 Å². The minimum Gasteiger partial charge on any atom is -0.493 e. The molecule has 0 spiro atoms. The lowest BCUT2D eigenvalue weighted by Gasteiger charge is -2.32. The molecule has 0 unspecified atom stereocenters. The summed E-state index contributed by atoms with van der Waals surface area (Å²) in [4.78, 5) is 27.3. The molecule has 1 saturated heterocycles. The van der Waals surface area contributed by atoms with Gasteiger partial charge in [0, 0.05) is 50.7 Å². The molecule has 2 aliphatic rings. The molecule has 8 heteroatoms. The van der Waals surface area contributed by atoms with E-state index in [9.17, 15) is 9.59 Å². The fraction of sp³-hybridized carbons (Fsp3) is 0.429. The summed E-state index contributed by atoms with van der Waals surface area (Å²) in [6, 6.07) is 14.0. The molecular weight excluding hydrogens is 456 g/mol. The number of amides is 1. The van der Waals surface area contributed by atoms with E-state index in [-0.39, 0.29) is 11.1 Å². The Labute approximate surface area is 211 Å². The van der Waals surface area contributed by atoms with E-state index >= 15 is 0 Å². The van der Waals surface area contributed by atoms with Crippen LogP contribution in [-0.4, -0.2) is 54.8 Å². The van der Waals surface area contributed by atoms with Crippen molar-refractivity contribution in [2.75, 3.05) is 33.4 Å². The first kappa shape index (κ1) is 24.5. The maximum absolute atomic E-state index is 12.9. The topological polar surface area (TPSA) is 98.8 Å². The summed E-state index contributed by atoms with van der Waals surface area (Å²) in [7, 11) is 1.64. The molecule has 0 saturated carbocycles. The zero-order chi connectivity index (χ0) is 25.1. The van der Waals surface area contributed by atoms with Gasteiger partial charge in [-0.25, -0.2) is 0 Å². The Morgan fingerprint density at radius 2 is 1.92 bits per heavy atom. The van der Waals surface area contributed by atoms with Crippen molar-refractivity contribution in [2.24, 2.45) is 5.73 Å². The number of fused-ring (bicyclic) bond motifs is 2. The number of carbonyl (C=O) groups excluding carboxylic acids is 1. The van der Waals surface area contributed by atoms with Crippen LogP contribution in [0.2, 0.25) is 0 Å². The largest absolute Gasteiger partial charge is 0.493 e. The van der Waals surface area contributed by atoms with Crippen molar-refractivity contribution in [3.63, 3.8) is 0 Å². The van der Waals surface area contributed by atoms with Crippen LogP contribution in [0.25, 0.3) is 10.9 Å². The maximum Gasteiger partial charge on any atom is 0.251 e. The van der Waals surface area contributed by atoms with Gasteiger partial charge in [0.2, 0.25) is 5.91 Å². The minimum atomic E-state index is -0.591. The fourth-order valence-corrected chi connectivity index (χ4v) is 5.33. The lowest BCUT2D eigenvalue weighted by atomic mass is 10.0. The summed E-state index contributed by atoms with van der Waals surface area (Å²) in [5.41, 5.74) is 9.90. The molecule has 0 radical (unpaired) electrons. The van der Waals surface area contributed by atoms with Gasteiger partial charge in [0.25, 0.3) is 5.56 Å². The molecule has 3 aromatic rings. The Kier molecular flexibility index (Phi) is 7.36. The van der Waals surface area contributed by atoms with Crippen LogP contribution in [0.5, 0.6) is 5.75 Å². The summed E-state index contributed by atoms with van der Waals surface area (Å²) in [5, 5.41) is 4.41. The van der Waals surface area contributed by atoms with Crippen molar-refractivity contribution in [1.82, 2.24) is 14.8 Å². The van der Waals surface area contributed by atoms with Gasteiger partial charge in [-0.15, -0.1) is 0 Å². The first-order chi connectivity index (χ1) is 17.5. The first-order valence-corrected chi connectivity index (χ1v) is 12.7. The highest BCUT2D eigenvalue weighted by molar-refractivity contribution is 6.05. The monoisotopic (exact) mass is 490 g/mol. The number of pyridine rings is 1. The third-order valence-corrected chi connectivity index (χ3v) is 7.33. The molecule has 190 valence electrons. The number of hydrogen-bond donors (Lipinski definition) is 2. The summed E-state index contributed by atoms with van der Waals surface area (Å²) >= 11 is 0. The van der Waals surface area contributed by atoms with Crippen molar-refractivity contribution in [1.29, 1.82) is 0 Å². The molecule has 0 aliphatic carbocycles. The molecule has 36 heavy (non-hydrogen) atoms. The number of piperidine rings is 1. The van der Waals surface area contributed by atoms with E-state index in [0.29, 0.717) is 24.6 Å². The van der Waals surface area contributed by atoms with E-state index in [0.717, 1.165) is 68.9 Å². The number of rotatable bonds is 9. The second-order valence-electron chi connectivity index (χ2n) is 9.73. The molecule has 2 aliphatic heterocycles. The number of aromatic nitrogens is 1. The number of primary amides is 1. The highest BCUT2D eigenvalue weighted by Gasteiger charge is 2.20. The van der Waals surface area contributed by atoms with E-state index in [1.54, 1.807) is 11.7 Å². The Morgan fingerprint density at radius 1 is 1.11 bits per heavy atom. The average Bonchev–Trinajstić information content (AvgIpc) is 3.35. The first-order valence-electron chi connectivity index (χ1n) is 12.7. The average molecular weight is 491 g/mol. The molecule has 2 aromatic carbocycles. The quantitative estimate of drug-likeness (QED) is 0.478. The molecule has 3 N–H and O–H groups in total. The Morgan fingerprint density at radius 3 is 2.69 bits per heavy atom. The van der Waals surface area contributed by atoms with Crippen LogP contribution in [0, 0.1) is 0 Å². The number of nitrogens with two attached hydrogens (primary N) is 1. The van der Waals surface area contributed by atoms with Gasteiger partial charge in [-0.1, -0.05) is 24.3 Å². The maximum atomic E-state index is 12.9. The lowest BCUT2D eigenvalue weighted by Crippen LogP contribution is -2.43. The minimum absolute atomic E-state index is 0.206. The number of benzene rings is 2. The lowest BCUT2D eigenvalue weighted by molar-refractivity contribution is 0.100. The van der Waals surface area contributed by atoms with Crippen LogP contribution in [0.15, 0.2) is 47.3 Å². The Hall–Kier alpha value is -3.20. The van der Waals surface area contributed by atoms with Gasteiger partial charge < -0.3 is 30.0 Å². The second-order valence-corrected chi connectivity index (χ2v) is 9.73. The number of nitrogens with zero attached hydrogens (tertiary/aromatic N) is 2. The van der Waals surface area contributed by atoms with Crippen LogP contribution in [0.4, 0.5) is 0 Å². The fourth-order valence-electron chi connectivity index (χ4n) is 5.33. The highest BCUT2D eigenvalue weighted by Crippen LogP contribution is 2.26. The van der Waals surface area contributed by atoms with Gasteiger partial charge in [-0.3, -0.25) is 9.59 Å². The molecule has 0 bridgehead atoms. The van der Waals surface area contributed by atoms with Crippen molar-refractivity contribution < 1.29 is 14.3 Å². The van der Waals surface area contributed by atoms with Gasteiger partial charge in [0.05, 0.1) is 24.3 Å². The molecule has 0 atom stereocenters. The van der Waals surface area contributed by atoms with Crippen molar-refractivity contribution >= 4 is 16.8 Å². The van der Waals surface area contributed by atoms with Crippen molar-refractivity contribution in [3.8, 4) is 5.75 Å². The second kappa shape index (κ2) is 10.8. The van der Waals surface area contributed by atoms with E-state index in [1.807, 2.05) is 18.2 Å². The van der Waals surface area contributed by atoms with Gasteiger partial charge in [0.15, 0.2) is 0 Å². The van der Waals surface area contributed by atoms with Gasteiger partial charge >= 0.3 is 0 Å². The van der Waals surface area contributed by atoms with E-state index in [2.05, 4.69) is 28.4 Å². The summed E-state index contributed by atoms with van der Waals surface area (Å²) in [5.74, 6) is 0.435. The number of likely N-dealkylation sites (tertiary alicyclic amines) is 1. The van der Waals surface area contributed by atoms with Crippen LogP contribution < -0.4 is 21.3 Å². The Bertz CT molecular complexity index is 1310. The summed E-state index contributed by atoms with van der Waals surface area (Å²) in [6.07, 6.45) is 3.14. The summed E-state index contributed by atoms with van der Waals surface area (Å²) in [6.45, 7) is 5.39. The molecule has 3 heterocycles. The number of nitrogens with one attached hydrogen (secondary N) is 1. The van der Waals surface area contributed by atoms with Gasteiger partial charge in [-0.05, 0) is 54.8 Å².